The van der Waals surface area contributed by atoms with Crippen molar-refractivity contribution in [1.82, 2.24) is 0 Å². The van der Waals surface area contributed by atoms with E-state index in [1.54, 1.807) is 0 Å². The Bertz CT molecular complexity index is 462. The van der Waals surface area contributed by atoms with Gasteiger partial charge in [0.15, 0.2) is 0 Å². The highest BCUT2D eigenvalue weighted by Gasteiger charge is 2.19. The number of carbonyl (C=O) groups is 1. The maximum Gasteiger partial charge on any atom is 0.227 e. The summed E-state index contributed by atoms with van der Waals surface area (Å²) in [5.41, 5.74) is 3.38. The summed E-state index contributed by atoms with van der Waals surface area (Å²) in [5, 5.41) is 3.13. The smallest absolute Gasteiger partial charge is 0.227 e. The zero-order chi connectivity index (χ0) is 13.0. The van der Waals surface area contributed by atoms with Crippen LogP contribution in [0.4, 0.5) is 5.69 Å². The zero-order valence-corrected chi connectivity index (χ0v) is 11.2. The van der Waals surface area contributed by atoms with E-state index in [9.17, 15) is 4.79 Å². The van der Waals surface area contributed by atoms with Crippen LogP contribution in [0, 0.1) is 12.8 Å². The molecule has 2 nitrogen and oxygen atoms in total. The van der Waals surface area contributed by atoms with Gasteiger partial charge in [0.1, 0.15) is 0 Å². The number of allylic oxidation sites excluding steroid dienone is 2. The number of carbonyl (C=O) groups excluding carboxylic acids is 1. The number of amides is 1. The Labute approximate surface area is 109 Å². The Morgan fingerprint density at radius 1 is 1.39 bits per heavy atom. The monoisotopic (exact) mass is 243 g/mol. The molecule has 1 atom stereocenters. The number of nitrogens with one attached hydrogen (secondary N) is 1. The first-order chi connectivity index (χ1) is 8.72. The van der Waals surface area contributed by atoms with Crippen LogP contribution < -0.4 is 5.32 Å². The highest BCUT2D eigenvalue weighted by Crippen LogP contribution is 2.24. The van der Waals surface area contributed by atoms with Crippen molar-refractivity contribution in [3.05, 3.63) is 41.5 Å². The molecule has 0 aromatic heterocycles. The first-order valence-electron chi connectivity index (χ1n) is 6.76. The molecule has 0 fully saturated rings. The third kappa shape index (κ3) is 2.81. The van der Waals surface area contributed by atoms with Gasteiger partial charge in [-0.3, -0.25) is 4.79 Å². The van der Waals surface area contributed by atoms with Crippen molar-refractivity contribution in [2.75, 3.05) is 5.32 Å². The SMILES string of the molecule is CCc1cccc(C)c1NC(=O)[C@H]1CC=CCC1. The summed E-state index contributed by atoms with van der Waals surface area (Å²) in [5.74, 6) is 0.308. The highest BCUT2D eigenvalue weighted by atomic mass is 16.1. The summed E-state index contributed by atoms with van der Waals surface area (Å²) in [7, 11) is 0. The van der Waals surface area contributed by atoms with Crippen LogP contribution in [0.1, 0.15) is 37.3 Å². The molecule has 2 heteroatoms. The summed E-state index contributed by atoms with van der Waals surface area (Å²) in [6.07, 6.45) is 8.09. The summed E-state index contributed by atoms with van der Waals surface area (Å²) in [6.45, 7) is 4.17. The molecule has 1 amide bonds. The number of anilines is 1. The molecule has 2 rings (SSSR count). The lowest BCUT2D eigenvalue weighted by atomic mass is 9.93. The van der Waals surface area contributed by atoms with E-state index in [1.165, 1.54) is 5.56 Å². The van der Waals surface area contributed by atoms with E-state index in [0.29, 0.717) is 0 Å². The molecule has 1 aliphatic rings. The summed E-state index contributed by atoms with van der Waals surface area (Å²) >= 11 is 0. The average Bonchev–Trinajstić information content (AvgIpc) is 2.42. The summed E-state index contributed by atoms with van der Waals surface area (Å²) < 4.78 is 0. The highest BCUT2D eigenvalue weighted by molar-refractivity contribution is 5.94. The molecular formula is C16H21NO. The minimum atomic E-state index is 0.138. The summed E-state index contributed by atoms with van der Waals surface area (Å²) in [4.78, 5) is 12.2. The van der Waals surface area contributed by atoms with Crippen LogP contribution >= 0.6 is 0 Å². The van der Waals surface area contributed by atoms with Gasteiger partial charge in [-0.25, -0.2) is 0 Å². The predicted molar refractivity (Wildman–Crippen MR) is 75.7 cm³/mol. The maximum atomic E-state index is 12.2. The van der Waals surface area contributed by atoms with E-state index < -0.39 is 0 Å². The van der Waals surface area contributed by atoms with Crippen molar-refractivity contribution in [1.29, 1.82) is 0 Å². The topological polar surface area (TPSA) is 29.1 Å². The second kappa shape index (κ2) is 5.85. The van der Waals surface area contributed by atoms with Gasteiger partial charge >= 0.3 is 0 Å². The fraction of sp³-hybridized carbons (Fsp3) is 0.438. The average molecular weight is 243 g/mol. The van der Waals surface area contributed by atoms with Crippen LogP contribution in [-0.2, 0) is 11.2 Å². The fourth-order valence-electron chi connectivity index (χ4n) is 2.46. The predicted octanol–water partition coefficient (Wildman–Crippen LogP) is 3.85. The number of hydrogen-bond donors (Lipinski definition) is 1. The Balaban J connectivity index is 2.13. The van der Waals surface area contributed by atoms with E-state index in [-0.39, 0.29) is 11.8 Å². The Morgan fingerprint density at radius 2 is 2.22 bits per heavy atom. The fourth-order valence-corrected chi connectivity index (χ4v) is 2.46. The van der Waals surface area contributed by atoms with Gasteiger partial charge in [-0.05, 0) is 43.7 Å². The van der Waals surface area contributed by atoms with Crippen molar-refractivity contribution < 1.29 is 4.79 Å². The lowest BCUT2D eigenvalue weighted by molar-refractivity contribution is -0.120. The lowest BCUT2D eigenvalue weighted by Gasteiger charge is -2.19. The molecule has 0 bridgehead atoms. The van der Waals surface area contributed by atoms with E-state index in [2.05, 4.69) is 43.4 Å². The maximum absolute atomic E-state index is 12.2. The Morgan fingerprint density at radius 3 is 2.89 bits per heavy atom. The first kappa shape index (κ1) is 12.9. The molecule has 0 spiro atoms. The van der Waals surface area contributed by atoms with Gasteiger partial charge in [-0.15, -0.1) is 0 Å². The first-order valence-corrected chi connectivity index (χ1v) is 6.76. The molecule has 0 saturated carbocycles. The van der Waals surface area contributed by atoms with Crippen LogP contribution in [-0.4, -0.2) is 5.91 Å². The van der Waals surface area contributed by atoms with Gasteiger partial charge in [0.25, 0.3) is 0 Å². The normalized spacial score (nSPS) is 18.7. The van der Waals surface area contributed by atoms with Gasteiger partial charge in [0.2, 0.25) is 5.91 Å². The van der Waals surface area contributed by atoms with Crippen LogP contribution in [0.5, 0.6) is 0 Å². The molecule has 96 valence electrons. The van der Waals surface area contributed by atoms with E-state index in [1.807, 2.05) is 6.07 Å². The molecule has 0 aliphatic heterocycles. The van der Waals surface area contributed by atoms with Crippen molar-refractivity contribution in [2.45, 2.75) is 39.5 Å². The second-order valence-electron chi connectivity index (χ2n) is 4.93. The standard InChI is InChI=1S/C16H21NO/c1-3-13-11-7-8-12(2)15(13)17-16(18)14-9-5-4-6-10-14/h4-5,7-8,11,14H,3,6,9-10H2,1-2H3,(H,17,18)/t14-/m0/s1. The van der Waals surface area contributed by atoms with Crippen LogP contribution in [0.2, 0.25) is 0 Å². The van der Waals surface area contributed by atoms with Gasteiger partial charge in [0.05, 0.1) is 0 Å². The van der Waals surface area contributed by atoms with Crippen LogP contribution in [0.15, 0.2) is 30.4 Å². The number of aryl methyl sites for hydroxylation is 2. The van der Waals surface area contributed by atoms with E-state index in [4.69, 9.17) is 0 Å². The molecule has 1 N–H and O–H groups in total. The van der Waals surface area contributed by atoms with Crippen molar-refractivity contribution in [3.8, 4) is 0 Å². The largest absolute Gasteiger partial charge is 0.325 e. The number of rotatable bonds is 3. The molecule has 0 radical (unpaired) electrons. The van der Waals surface area contributed by atoms with Gasteiger partial charge in [-0.1, -0.05) is 37.3 Å². The summed E-state index contributed by atoms with van der Waals surface area (Å²) in [6, 6.07) is 6.19. The second-order valence-corrected chi connectivity index (χ2v) is 4.93. The number of benzene rings is 1. The minimum absolute atomic E-state index is 0.138. The molecule has 1 aromatic rings. The molecular weight excluding hydrogens is 222 g/mol. The molecule has 0 saturated heterocycles. The lowest BCUT2D eigenvalue weighted by Crippen LogP contribution is -2.24. The molecule has 0 heterocycles. The zero-order valence-electron chi connectivity index (χ0n) is 11.2. The Kier molecular flexibility index (Phi) is 4.19. The quantitative estimate of drug-likeness (QED) is 0.803. The van der Waals surface area contributed by atoms with Crippen LogP contribution in [0.25, 0.3) is 0 Å². The number of para-hydroxylation sites is 1. The van der Waals surface area contributed by atoms with Crippen molar-refractivity contribution in [2.24, 2.45) is 5.92 Å². The van der Waals surface area contributed by atoms with Gasteiger partial charge in [0, 0.05) is 11.6 Å². The van der Waals surface area contributed by atoms with E-state index in [0.717, 1.165) is 36.9 Å². The molecule has 18 heavy (non-hydrogen) atoms. The third-order valence-electron chi connectivity index (χ3n) is 3.63. The van der Waals surface area contributed by atoms with E-state index >= 15 is 0 Å². The third-order valence-corrected chi connectivity index (χ3v) is 3.63. The van der Waals surface area contributed by atoms with Gasteiger partial charge in [-0.2, -0.15) is 0 Å². The van der Waals surface area contributed by atoms with Crippen molar-refractivity contribution >= 4 is 11.6 Å². The van der Waals surface area contributed by atoms with Gasteiger partial charge < -0.3 is 5.32 Å². The number of hydrogen-bond acceptors (Lipinski definition) is 1. The van der Waals surface area contributed by atoms with Crippen molar-refractivity contribution in [3.63, 3.8) is 0 Å². The molecule has 0 unspecified atom stereocenters. The molecule has 1 aliphatic carbocycles. The molecule has 1 aromatic carbocycles. The minimum Gasteiger partial charge on any atom is -0.325 e. The Hall–Kier alpha value is -1.57. The van der Waals surface area contributed by atoms with Crippen LogP contribution in [0.3, 0.4) is 0 Å².